The predicted octanol–water partition coefficient (Wildman–Crippen LogP) is 2.58. The van der Waals surface area contributed by atoms with Crippen molar-refractivity contribution in [2.75, 3.05) is 0 Å². The summed E-state index contributed by atoms with van der Waals surface area (Å²) in [6.07, 6.45) is 0.845. The molecule has 3 nitrogen and oxygen atoms in total. The van der Waals surface area contributed by atoms with E-state index in [1.54, 1.807) is 6.07 Å². The summed E-state index contributed by atoms with van der Waals surface area (Å²) in [5.41, 5.74) is 6.50. The van der Waals surface area contributed by atoms with Crippen LogP contribution in [0.15, 0.2) is 22.7 Å². The van der Waals surface area contributed by atoms with Gasteiger partial charge in [-0.1, -0.05) is 36.2 Å². The SMILES string of the molecule is CCC(C)[C@H](N)C(=O)NCc1cc(F)ccc1Br. The lowest BCUT2D eigenvalue weighted by molar-refractivity contribution is -0.123. The smallest absolute Gasteiger partial charge is 0.237 e. The number of benzene rings is 1. The number of halogens is 2. The Bertz CT molecular complexity index is 425. The minimum atomic E-state index is -0.526. The van der Waals surface area contributed by atoms with Gasteiger partial charge in [-0.15, -0.1) is 0 Å². The number of rotatable bonds is 5. The van der Waals surface area contributed by atoms with Gasteiger partial charge in [-0.25, -0.2) is 4.39 Å². The van der Waals surface area contributed by atoms with E-state index in [9.17, 15) is 9.18 Å². The van der Waals surface area contributed by atoms with Gasteiger partial charge in [0.05, 0.1) is 6.04 Å². The Hall–Kier alpha value is -0.940. The van der Waals surface area contributed by atoms with Crippen molar-refractivity contribution in [2.24, 2.45) is 11.7 Å². The number of nitrogens with one attached hydrogen (secondary N) is 1. The first-order valence-corrected chi connectivity index (χ1v) is 6.72. The highest BCUT2D eigenvalue weighted by Gasteiger charge is 2.19. The van der Waals surface area contributed by atoms with E-state index < -0.39 is 6.04 Å². The van der Waals surface area contributed by atoms with Gasteiger partial charge >= 0.3 is 0 Å². The maximum atomic E-state index is 13.1. The van der Waals surface area contributed by atoms with Crippen molar-refractivity contribution in [3.05, 3.63) is 34.1 Å². The third kappa shape index (κ3) is 4.07. The molecule has 0 fully saturated rings. The summed E-state index contributed by atoms with van der Waals surface area (Å²) in [6.45, 7) is 4.19. The highest BCUT2D eigenvalue weighted by atomic mass is 79.9. The van der Waals surface area contributed by atoms with Crippen LogP contribution in [-0.2, 0) is 11.3 Å². The zero-order chi connectivity index (χ0) is 13.7. The zero-order valence-electron chi connectivity index (χ0n) is 10.5. The number of nitrogens with two attached hydrogens (primary N) is 1. The van der Waals surface area contributed by atoms with Gasteiger partial charge in [-0.05, 0) is 29.7 Å². The first-order valence-electron chi connectivity index (χ1n) is 5.93. The van der Waals surface area contributed by atoms with Gasteiger partial charge in [0, 0.05) is 11.0 Å². The Kier molecular flexibility index (Phi) is 5.75. The zero-order valence-corrected chi connectivity index (χ0v) is 12.1. The molecule has 3 N–H and O–H groups in total. The largest absolute Gasteiger partial charge is 0.351 e. The molecule has 1 aromatic carbocycles. The van der Waals surface area contributed by atoms with Crippen molar-refractivity contribution < 1.29 is 9.18 Å². The molecular formula is C13H18BrFN2O. The summed E-state index contributed by atoms with van der Waals surface area (Å²) >= 11 is 3.31. The number of hydrogen-bond acceptors (Lipinski definition) is 2. The summed E-state index contributed by atoms with van der Waals surface area (Å²) in [7, 11) is 0. The highest BCUT2D eigenvalue weighted by molar-refractivity contribution is 9.10. The molecule has 0 radical (unpaired) electrons. The van der Waals surface area contributed by atoms with Gasteiger partial charge < -0.3 is 11.1 Å². The Morgan fingerprint density at radius 1 is 1.56 bits per heavy atom. The lowest BCUT2D eigenvalue weighted by atomic mass is 9.99. The minimum absolute atomic E-state index is 0.126. The normalized spacial score (nSPS) is 14.1. The summed E-state index contributed by atoms with van der Waals surface area (Å²) < 4.78 is 13.8. The second kappa shape index (κ2) is 6.85. The average Bonchev–Trinajstić information content (AvgIpc) is 2.37. The van der Waals surface area contributed by atoms with Crippen LogP contribution in [0.2, 0.25) is 0 Å². The number of carbonyl (C=O) groups excluding carboxylic acids is 1. The van der Waals surface area contributed by atoms with Crippen molar-refractivity contribution in [1.29, 1.82) is 0 Å². The fraction of sp³-hybridized carbons (Fsp3) is 0.462. The van der Waals surface area contributed by atoms with Gasteiger partial charge in [0.15, 0.2) is 0 Å². The topological polar surface area (TPSA) is 55.1 Å². The van der Waals surface area contributed by atoms with E-state index >= 15 is 0 Å². The average molecular weight is 317 g/mol. The van der Waals surface area contributed by atoms with Gasteiger partial charge in [0.2, 0.25) is 5.91 Å². The monoisotopic (exact) mass is 316 g/mol. The molecule has 0 spiro atoms. The van der Waals surface area contributed by atoms with Crippen molar-refractivity contribution >= 4 is 21.8 Å². The van der Waals surface area contributed by atoms with Crippen LogP contribution in [0.3, 0.4) is 0 Å². The van der Waals surface area contributed by atoms with Crippen LogP contribution in [-0.4, -0.2) is 11.9 Å². The van der Waals surface area contributed by atoms with Crippen LogP contribution in [0.4, 0.5) is 4.39 Å². The molecule has 0 aliphatic rings. The molecule has 0 aliphatic carbocycles. The number of amides is 1. The molecule has 0 heterocycles. The van der Waals surface area contributed by atoms with Crippen molar-refractivity contribution in [3.8, 4) is 0 Å². The van der Waals surface area contributed by atoms with Crippen LogP contribution >= 0.6 is 15.9 Å². The van der Waals surface area contributed by atoms with E-state index in [4.69, 9.17) is 5.73 Å². The Labute approximate surface area is 115 Å². The van der Waals surface area contributed by atoms with E-state index in [-0.39, 0.29) is 24.2 Å². The highest BCUT2D eigenvalue weighted by Crippen LogP contribution is 2.17. The first-order chi connectivity index (χ1) is 8.45. The molecule has 0 bridgehead atoms. The molecule has 0 saturated heterocycles. The van der Waals surface area contributed by atoms with Gasteiger partial charge in [0.1, 0.15) is 5.82 Å². The Balaban J connectivity index is 2.60. The van der Waals surface area contributed by atoms with E-state index in [1.807, 2.05) is 13.8 Å². The van der Waals surface area contributed by atoms with Crippen molar-refractivity contribution in [1.82, 2.24) is 5.32 Å². The molecule has 0 aromatic heterocycles. The van der Waals surface area contributed by atoms with E-state index in [2.05, 4.69) is 21.2 Å². The van der Waals surface area contributed by atoms with Crippen LogP contribution < -0.4 is 11.1 Å². The molecule has 18 heavy (non-hydrogen) atoms. The maximum Gasteiger partial charge on any atom is 0.237 e. The number of hydrogen-bond donors (Lipinski definition) is 2. The molecule has 0 saturated carbocycles. The fourth-order valence-electron chi connectivity index (χ4n) is 1.49. The molecule has 5 heteroatoms. The lowest BCUT2D eigenvalue weighted by Crippen LogP contribution is -2.44. The third-order valence-electron chi connectivity index (χ3n) is 3.02. The van der Waals surface area contributed by atoms with Gasteiger partial charge in [-0.3, -0.25) is 4.79 Å². The van der Waals surface area contributed by atoms with Crippen LogP contribution in [0.5, 0.6) is 0 Å². The van der Waals surface area contributed by atoms with E-state index in [0.29, 0.717) is 5.56 Å². The predicted molar refractivity (Wildman–Crippen MR) is 73.4 cm³/mol. The standard InChI is InChI=1S/C13H18BrFN2O/c1-3-8(2)12(16)13(18)17-7-9-6-10(15)4-5-11(9)14/h4-6,8,12H,3,7,16H2,1-2H3,(H,17,18)/t8?,12-/m0/s1. The van der Waals surface area contributed by atoms with Gasteiger partial charge in [-0.2, -0.15) is 0 Å². The molecule has 1 aromatic rings. The molecule has 2 atom stereocenters. The maximum absolute atomic E-state index is 13.1. The molecule has 100 valence electrons. The summed E-state index contributed by atoms with van der Waals surface area (Å²) in [5.74, 6) is -0.407. The summed E-state index contributed by atoms with van der Waals surface area (Å²) in [5, 5.41) is 2.72. The van der Waals surface area contributed by atoms with Crippen LogP contribution in [0.1, 0.15) is 25.8 Å². The van der Waals surface area contributed by atoms with Crippen LogP contribution in [0.25, 0.3) is 0 Å². The minimum Gasteiger partial charge on any atom is -0.351 e. The third-order valence-corrected chi connectivity index (χ3v) is 3.79. The second-order valence-corrected chi connectivity index (χ2v) is 5.22. The van der Waals surface area contributed by atoms with Gasteiger partial charge in [0.25, 0.3) is 0 Å². The number of carbonyl (C=O) groups is 1. The molecule has 1 amide bonds. The lowest BCUT2D eigenvalue weighted by Gasteiger charge is -2.18. The second-order valence-electron chi connectivity index (χ2n) is 4.36. The fourth-order valence-corrected chi connectivity index (χ4v) is 1.88. The Morgan fingerprint density at radius 2 is 2.22 bits per heavy atom. The molecule has 1 rings (SSSR count). The van der Waals surface area contributed by atoms with E-state index in [0.717, 1.165) is 10.9 Å². The molecule has 1 unspecified atom stereocenters. The summed E-state index contributed by atoms with van der Waals surface area (Å²) in [6, 6.07) is 3.84. The first kappa shape index (κ1) is 15.1. The molecule has 0 aliphatic heterocycles. The van der Waals surface area contributed by atoms with E-state index in [1.165, 1.54) is 12.1 Å². The summed E-state index contributed by atoms with van der Waals surface area (Å²) in [4.78, 5) is 11.8. The van der Waals surface area contributed by atoms with Crippen molar-refractivity contribution in [3.63, 3.8) is 0 Å². The van der Waals surface area contributed by atoms with Crippen molar-refractivity contribution in [2.45, 2.75) is 32.9 Å². The molecular weight excluding hydrogens is 299 g/mol. The Morgan fingerprint density at radius 3 is 2.83 bits per heavy atom. The quantitative estimate of drug-likeness (QED) is 0.877. The van der Waals surface area contributed by atoms with Crippen LogP contribution in [0, 0.1) is 11.7 Å².